The number of alkyl carbamates (subject to hydrolysis) is 1. The van der Waals surface area contributed by atoms with Crippen molar-refractivity contribution in [1.82, 2.24) is 16.0 Å². The average molecular weight is 784 g/mol. The molecule has 15 heteroatoms. The molecule has 4 rings (SSSR count). The van der Waals surface area contributed by atoms with Gasteiger partial charge in [-0.2, -0.15) is 4.79 Å². The number of rotatable bonds is 26. The van der Waals surface area contributed by atoms with Crippen LogP contribution in [-0.2, 0) is 49.3 Å². The number of nitrogens with zero attached hydrogens (tertiary/aromatic N) is 2. The number of fused-ring (bicyclic) bond motifs is 3. The van der Waals surface area contributed by atoms with Gasteiger partial charge in [0, 0.05) is 25.3 Å². The van der Waals surface area contributed by atoms with Gasteiger partial charge in [-0.1, -0.05) is 91.5 Å². The standard InChI is InChI=1S/C42H49N5O10/c1-2-20-56-39(49)18-21-53-23-25-55-26-24-54-22-19-44-40(50)38(27-30-10-4-3-5-11-30)46-41(51)37(17-16-31(48)28-45-43)47-42(52)57-29-36-34-14-8-6-12-32(34)33-13-7-9-15-35(33)36/h2-15,28,36-38H,1,16-27,29H2,(H,44,50)(H,46,51)(H,47,52)/t37-,38-/m0/s1. The topological polar surface area (TPSA) is 204 Å². The molecule has 2 atom stereocenters. The summed E-state index contributed by atoms with van der Waals surface area (Å²) < 4.78 is 26.9. The minimum absolute atomic E-state index is 0.00225. The molecule has 0 unspecified atom stereocenters. The molecule has 3 N–H and O–H groups in total. The van der Waals surface area contributed by atoms with Crippen LogP contribution in [0.2, 0.25) is 0 Å². The summed E-state index contributed by atoms with van der Waals surface area (Å²) >= 11 is 0. The van der Waals surface area contributed by atoms with Gasteiger partial charge in [-0.15, -0.1) is 0 Å². The van der Waals surface area contributed by atoms with Crippen molar-refractivity contribution in [2.75, 3.05) is 59.4 Å². The van der Waals surface area contributed by atoms with Crippen molar-refractivity contribution >= 4 is 35.9 Å². The molecule has 302 valence electrons. The van der Waals surface area contributed by atoms with Crippen LogP contribution in [0.1, 0.15) is 41.9 Å². The SMILES string of the molecule is C=CCOC(=O)CCOCCOCCOCCNC(=O)[C@H](Cc1ccccc1)NC(=O)[C@H](CCC(=O)C=[N+]=[N-])NC(=O)OCC1c2ccccc2-c2ccccc21. The Labute approximate surface area is 331 Å². The van der Waals surface area contributed by atoms with Crippen LogP contribution in [0.4, 0.5) is 4.79 Å². The van der Waals surface area contributed by atoms with Gasteiger partial charge >= 0.3 is 18.3 Å². The van der Waals surface area contributed by atoms with E-state index in [-0.39, 0.29) is 83.8 Å². The minimum Gasteiger partial charge on any atom is -0.461 e. The van der Waals surface area contributed by atoms with Crippen molar-refractivity contribution < 1.29 is 52.4 Å². The second-order valence-corrected chi connectivity index (χ2v) is 12.9. The van der Waals surface area contributed by atoms with Crippen molar-refractivity contribution in [2.45, 2.75) is 43.7 Å². The Balaban J connectivity index is 1.27. The summed E-state index contributed by atoms with van der Waals surface area (Å²) in [7, 11) is 0. The molecule has 0 aromatic heterocycles. The van der Waals surface area contributed by atoms with E-state index in [1.807, 2.05) is 78.9 Å². The molecule has 3 amide bonds. The first-order chi connectivity index (χ1) is 27.8. The summed E-state index contributed by atoms with van der Waals surface area (Å²) in [4.78, 5) is 66.7. The van der Waals surface area contributed by atoms with Crippen LogP contribution in [0.25, 0.3) is 16.7 Å². The van der Waals surface area contributed by atoms with E-state index < -0.39 is 35.8 Å². The van der Waals surface area contributed by atoms with E-state index in [0.29, 0.717) is 19.4 Å². The van der Waals surface area contributed by atoms with Gasteiger partial charge < -0.3 is 45.2 Å². The number of carbonyl (C=O) groups is 5. The van der Waals surface area contributed by atoms with Gasteiger partial charge in [0.1, 0.15) is 25.3 Å². The van der Waals surface area contributed by atoms with E-state index in [4.69, 9.17) is 29.2 Å². The highest BCUT2D eigenvalue weighted by Crippen LogP contribution is 2.44. The molecule has 3 aromatic rings. The molecule has 0 heterocycles. The number of nitrogens with one attached hydrogen (secondary N) is 3. The normalized spacial score (nSPS) is 12.5. The number of amides is 3. The number of carbonyl (C=O) groups excluding carboxylic acids is 5. The second-order valence-electron chi connectivity index (χ2n) is 12.9. The maximum absolute atomic E-state index is 13.7. The average Bonchev–Trinajstić information content (AvgIpc) is 3.54. The zero-order valence-corrected chi connectivity index (χ0v) is 31.8. The first-order valence-corrected chi connectivity index (χ1v) is 18.7. The van der Waals surface area contributed by atoms with E-state index in [9.17, 15) is 24.0 Å². The fraction of sp³-hybridized carbons (Fsp3) is 0.381. The molecule has 0 saturated carbocycles. The third kappa shape index (κ3) is 14.9. The first kappa shape index (κ1) is 43.7. The summed E-state index contributed by atoms with van der Waals surface area (Å²) in [6.07, 6.45) is 1.21. The molecule has 0 aliphatic heterocycles. The van der Waals surface area contributed by atoms with E-state index in [1.165, 1.54) is 6.08 Å². The van der Waals surface area contributed by atoms with Crippen molar-refractivity contribution in [2.24, 2.45) is 0 Å². The molecule has 15 nitrogen and oxygen atoms in total. The monoisotopic (exact) mass is 783 g/mol. The highest BCUT2D eigenvalue weighted by Gasteiger charge is 2.31. The number of hydrogen-bond donors (Lipinski definition) is 3. The molecule has 3 aromatic carbocycles. The zero-order valence-electron chi connectivity index (χ0n) is 31.8. The number of Topliss-reactive ketones (excluding diaryl/α,β-unsaturated/α-hetero) is 1. The smallest absolute Gasteiger partial charge is 0.407 e. The van der Waals surface area contributed by atoms with Gasteiger partial charge in [-0.3, -0.25) is 19.2 Å². The summed E-state index contributed by atoms with van der Waals surface area (Å²) in [5.41, 5.74) is 13.7. The largest absolute Gasteiger partial charge is 0.461 e. The number of benzene rings is 3. The zero-order chi connectivity index (χ0) is 40.7. The van der Waals surface area contributed by atoms with Crippen LogP contribution in [-0.4, -0.2) is 112 Å². The van der Waals surface area contributed by atoms with Gasteiger partial charge in [0.25, 0.3) is 0 Å². The highest BCUT2D eigenvalue weighted by molar-refractivity contribution is 6.25. The lowest BCUT2D eigenvalue weighted by atomic mass is 9.98. The van der Waals surface area contributed by atoms with Gasteiger partial charge in [0.2, 0.25) is 17.6 Å². The quantitative estimate of drug-likeness (QED) is 0.0270. The lowest BCUT2D eigenvalue weighted by Gasteiger charge is -2.23. The van der Waals surface area contributed by atoms with Crippen LogP contribution in [0.15, 0.2) is 91.5 Å². The summed E-state index contributed by atoms with van der Waals surface area (Å²) in [6, 6.07) is 22.5. The van der Waals surface area contributed by atoms with Crippen molar-refractivity contribution in [3.05, 3.63) is 114 Å². The molecule has 0 fully saturated rings. The third-order valence-corrected chi connectivity index (χ3v) is 8.85. The molecule has 0 radical (unpaired) electrons. The van der Waals surface area contributed by atoms with Crippen LogP contribution in [0.3, 0.4) is 0 Å². The third-order valence-electron chi connectivity index (χ3n) is 8.85. The van der Waals surface area contributed by atoms with Gasteiger partial charge in [-0.05, 0) is 34.2 Å². The molecule has 1 aliphatic carbocycles. The fourth-order valence-corrected chi connectivity index (χ4v) is 6.09. The predicted molar refractivity (Wildman–Crippen MR) is 209 cm³/mol. The maximum Gasteiger partial charge on any atom is 0.407 e. The van der Waals surface area contributed by atoms with Crippen molar-refractivity contribution in [3.63, 3.8) is 0 Å². The second kappa shape index (κ2) is 24.5. The van der Waals surface area contributed by atoms with Gasteiger partial charge in [0.05, 0.1) is 46.1 Å². The molecule has 0 saturated heterocycles. The summed E-state index contributed by atoms with van der Waals surface area (Å²) in [5, 5.41) is 8.08. The number of ketones is 1. The van der Waals surface area contributed by atoms with E-state index in [1.54, 1.807) is 0 Å². The van der Waals surface area contributed by atoms with Crippen molar-refractivity contribution in [3.8, 4) is 11.1 Å². The van der Waals surface area contributed by atoms with Crippen LogP contribution in [0.5, 0.6) is 0 Å². The predicted octanol–water partition coefficient (Wildman–Crippen LogP) is 3.56. The van der Waals surface area contributed by atoms with Crippen molar-refractivity contribution in [1.29, 1.82) is 0 Å². The maximum atomic E-state index is 13.7. The molecule has 0 spiro atoms. The molecular formula is C42H49N5O10. The Hall–Kier alpha value is -5.99. The Morgan fingerprint density at radius 3 is 1.98 bits per heavy atom. The summed E-state index contributed by atoms with van der Waals surface area (Å²) in [6.45, 7) is 5.33. The lowest BCUT2D eigenvalue weighted by Crippen LogP contribution is -2.55. The number of esters is 1. The fourth-order valence-electron chi connectivity index (χ4n) is 6.09. The van der Waals surface area contributed by atoms with Crippen LogP contribution < -0.4 is 16.0 Å². The first-order valence-electron chi connectivity index (χ1n) is 18.7. The molecule has 1 aliphatic rings. The Bertz CT molecular complexity index is 1800. The highest BCUT2D eigenvalue weighted by atomic mass is 16.6. The van der Waals surface area contributed by atoms with Gasteiger partial charge in [0.15, 0.2) is 0 Å². The minimum atomic E-state index is -1.27. The Kier molecular flexibility index (Phi) is 18.8. The number of ether oxygens (including phenoxy) is 5. The molecule has 0 bridgehead atoms. The Morgan fingerprint density at radius 1 is 0.719 bits per heavy atom. The summed E-state index contributed by atoms with van der Waals surface area (Å²) in [5.74, 6) is -2.35. The van der Waals surface area contributed by atoms with E-state index in [2.05, 4.69) is 27.3 Å². The van der Waals surface area contributed by atoms with E-state index in [0.717, 1.165) is 27.8 Å². The molecular weight excluding hydrogens is 734 g/mol. The van der Waals surface area contributed by atoms with Crippen LogP contribution in [0, 0.1) is 0 Å². The number of hydrogen-bond acceptors (Lipinski definition) is 10. The Morgan fingerprint density at radius 2 is 1.33 bits per heavy atom. The molecule has 57 heavy (non-hydrogen) atoms. The van der Waals surface area contributed by atoms with E-state index >= 15 is 0 Å². The lowest BCUT2D eigenvalue weighted by molar-refractivity contribution is -0.143. The van der Waals surface area contributed by atoms with Gasteiger partial charge in [-0.25, -0.2) is 4.79 Å². The van der Waals surface area contributed by atoms with Crippen LogP contribution >= 0.6 is 0 Å².